The van der Waals surface area contributed by atoms with Crippen LogP contribution in [0.5, 0.6) is 0 Å². The van der Waals surface area contributed by atoms with Gasteiger partial charge in [-0.05, 0) is 30.3 Å². The van der Waals surface area contributed by atoms with Crippen LogP contribution in [0.15, 0.2) is 53.3 Å². The maximum atomic E-state index is 12.5. The van der Waals surface area contributed by atoms with Crippen molar-refractivity contribution in [3.63, 3.8) is 0 Å². The first-order valence-electron chi connectivity index (χ1n) is 7.50. The Morgan fingerprint density at radius 1 is 1.29 bits per heavy atom. The van der Waals surface area contributed by atoms with Gasteiger partial charge < -0.3 is 14.3 Å². The summed E-state index contributed by atoms with van der Waals surface area (Å²) in [4.78, 5) is 16.8. The minimum absolute atomic E-state index is 0.150. The van der Waals surface area contributed by atoms with Gasteiger partial charge in [0.15, 0.2) is 5.76 Å². The van der Waals surface area contributed by atoms with Crippen LogP contribution in [-0.2, 0) is 13.6 Å². The second-order valence-electron chi connectivity index (χ2n) is 5.43. The minimum atomic E-state index is -0.150. The Morgan fingerprint density at radius 2 is 2.21 bits per heavy atom. The van der Waals surface area contributed by atoms with E-state index in [2.05, 4.69) is 20.5 Å². The Labute approximate surface area is 137 Å². The van der Waals surface area contributed by atoms with Crippen molar-refractivity contribution in [1.82, 2.24) is 25.1 Å². The third-order valence-electron chi connectivity index (χ3n) is 3.86. The van der Waals surface area contributed by atoms with Crippen LogP contribution in [-0.4, -0.2) is 25.7 Å². The average molecular weight is 321 g/mol. The molecule has 1 amide bonds. The highest BCUT2D eigenvalue weighted by atomic mass is 16.3. The van der Waals surface area contributed by atoms with E-state index < -0.39 is 0 Å². The molecule has 4 aromatic rings. The van der Waals surface area contributed by atoms with E-state index in [0.717, 1.165) is 10.9 Å². The highest BCUT2D eigenvalue weighted by Gasteiger charge is 2.13. The summed E-state index contributed by atoms with van der Waals surface area (Å²) in [6, 6.07) is 11.2. The van der Waals surface area contributed by atoms with Gasteiger partial charge in [-0.1, -0.05) is 6.07 Å². The summed E-state index contributed by atoms with van der Waals surface area (Å²) in [6.07, 6.45) is 3.50. The summed E-state index contributed by atoms with van der Waals surface area (Å²) in [5, 5.41) is 10.7. The molecule has 1 aromatic carbocycles. The summed E-state index contributed by atoms with van der Waals surface area (Å²) in [5.74, 6) is 1.46. The molecule has 0 saturated heterocycles. The standard InChI is InChI=1S/C17H15N5O2/c1-22-8-7-11-12(4-2-5-13(11)22)17(23)18-10-15-19-16(21-20-15)14-6-3-9-24-14/h2-9H,10H2,1H3,(H,18,23)(H,19,20,21). The van der Waals surface area contributed by atoms with E-state index in [-0.39, 0.29) is 12.5 Å². The van der Waals surface area contributed by atoms with E-state index in [4.69, 9.17) is 4.42 Å². The first kappa shape index (κ1) is 14.3. The van der Waals surface area contributed by atoms with Gasteiger partial charge >= 0.3 is 0 Å². The van der Waals surface area contributed by atoms with Gasteiger partial charge in [0.05, 0.1) is 12.8 Å². The fourth-order valence-electron chi connectivity index (χ4n) is 2.65. The molecule has 120 valence electrons. The van der Waals surface area contributed by atoms with E-state index in [1.54, 1.807) is 18.4 Å². The summed E-state index contributed by atoms with van der Waals surface area (Å²) in [6.45, 7) is 0.260. The van der Waals surface area contributed by atoms with Crippen LogP contribution in [0.4, 0.5) is 0 Å². The van der Waals surface area contributed by atoms with Crippen LogP contribution in [0, 0.1) is 0 Å². The number of fused-ring (bicyclic) bond motifs is 1. The van der Waals surface area contributed by atoms with E-state index >= 15 is 0 Å². The molecule has 7 nitrogen and oxygen atoms in total. The first-order valence-corrected chi connectivity index (χ1v) is 7.50. The molecular formula is C17H15N5O2. The molecule has 0 radical (unpaired) electrons. The maximum absolute atomic E-state index is 12.5. The van der Waals surface area contributed by atoms with Crippen molar-refractivity contribution in [2.45, 2.75) is 6.54 Å². The molecule has 0 aliphatic carbocycles. The van der Waals surface area contributed by atoms with E-state index in [1.807, 2.05) is 42.1 Å². The number of amides is 1. The van der Waals surface area contributed by atoms with Crippen LogP contribution in [0.3, 0.4) is 0 Å². The maximum Gasteiger partial charge on any atom is 0.252 e. The fraction of sp³-hybridized carbons (Fsp3) is 0.118. The zero-order valence-electron chi connectivity index (χ0n) is 13.0. The number of rotatable bonds is 4. The van der Waals surface area contributed by atoms with Crippen molar-refractivity contribution >= 4 is 16.8 Å². The second kappa shape index (κ2) is 5.69. The number of hydrogen-bond acceptors (Lipinski definition) is 4. The van der Waals surface area contributed by atoms with Gasteiger partial charge in [0.1, 0.15) is 5.82 Å². The number of nitrogens with one attached hydrogen (secondary N) is 2. The molecule has 7 heteroatoms. The Morgan fingerprint density at radius 3 is 3.04 bits per heavy atom. The summed E-state index contributed by atoms with van der Waals surface area (Å²) in [5.41, 5.74) is 1.65. The SMILES string of the molecule is Cn1ccc2c(C(=O)NCc3nc(-c4ccco4)n[nH]3)cccc21. The Hall–Kier alpha value is -3.35. The van der Waals surface area contributed by atoms with E-state index in [9.17, 15) is 4.79 Å². The van der Waals surface area contributed by atoms with Gasteiger partial charge in [0, 0.05) is 29.7 Å². The number of benzene rings is 1. The molecule has 0 atom stereocenters. The van der Waals surface area contributed by atoms with Crippen molar-refractivity contribution in [3.05, 3.63) is 60.2 Å². The van der Waals surface area contributed by atoms with Crippen molar-refractivity contribution in [1.29, 1.82) is 0 Å². The van der Waals surface area contributed by atoms with E-state index in [1.165, 1.54) is 0 Å². The van der Waals surface area contributed by atoms with Gasteiger partial charge in [-0.15, -0.1) is 5.10 Å². The summed E-state index contributed by atoms with van der Waals surface area (Å²) < 4.78 is 7.23. The smallest absolute Gasteiger partial charge is 0.252 e. The topological polar surface area (TPSA) is 88.7 Å². The number of hydrogen-bond donors (Lipinski definition) is 2. The van der Waals surface area contributed by atoms with E-state index in [0.29, 0.717) is 23.0 Å². The largest absolute Gasteiger partial charge is 0.461 e. The lowest BCUT2D eigenvalue weighted by Crippen LogP contribution is -2.23. The molecule has 0 fully saturated rings. The number of aryl methyl sites for hydroxylation is 1. The zero-order chi connectivity index (χ0) is 16.5. The zero-order valence-corrected chi connectivity index (χ0v) is 13.0. The molecule has 2 N–H and O–H groups in total. The van der Waals surface area contributed by atoms with Gasteiger partial charge in [-0.25, -0.2) is 4.98 Å². The lowest BCUT2D eigenvalue weighted by molar-refractivity contribution is 0.0951. The van der Waals surface area contributed by atoms with Crippen molar-refractivity contribution < 1.29 is 9.21 Å². The molecule has 0 aliphatic rings. The number of carbonyl (C=O) groups excluding carboxylic acids is 1. The van der Waals surface area contributed by atoms with Gasteiger partial charge in [-0.3, -0.25) is 9.89 Å². The molecule has 0 bridgehead atoms. The Kier molecular flexibility index (Phi) is 3.38. The number of aromatic amines is 1. The minimum Gasteiger partial charge on any atom is -0.461 e. The molecule has 0 unspecified atom stereocenters. The molecule has 3 aromatic heterocycles. The number of H-pyrrole nitrogens is 1. The van der Waals surface area contributed by atoms with Crippen LogP contribution >= 0.6 is 0 Å². The fourth-order valence-corrected chi connectivity index (χ4v) is 2.65. The molecule has 4 rings (SSSR count). The van der Waals surface area contributed by atoms with Gasteiger partial charge in [0.2, 0.25) is 5.82 Å². The monoisotopic (exact) mass is 321 g/mol. The Bertz CT molecular complexity index is 997. The van der Waals surface area contributed by atoms with Crippen LogP contribution < -0.4 is 5.32 Å². The number of aromatic nitrogens is 4. The highest BCUT2D eigenvalue weighted by Crippen LogP contribution is 2.19. The van der Waals surface area contributed by atoms with Crippen LogP contribution in [0.2, 0.25) is 0 Å². The summed E-state index contributed by atoms with van der Waals surface area (Å²) >= 11 is 0. The molecular weight excluding hydrogens is 306 g/mol. The predicted octanol–water partition coefficient (Wildman–Crippen LogP) is 2.49. The first-order chi connectivity index (χ1) is 11.7. The molecule has 0 aliphatic heterocycles. The lowest BCUT2D eigenvalue weighted by atomic mass is 10.1. The van der Waals surface area contributed by atoms with Crippen LogP contribution in [0.1, 0.15) is 16.2 Å². The molecule has 0 spiro atoms. The van der Waals surface area contributed by atoms with Crippen LogP contribution in [0.25, 0.3) is 22.5 Å². The van der Waals surface area contributed by atoms with Crippen molar-refractivity contribution in [2.24, 2.45) is 7.05 Å². The molecule has 24 heavy (non-hydrogen) atoms. The number of furan rings is 1. The Balaban J connectivity index is 1.50. The number of nitrogens with zero attached hydrogens (tertiary/aromatic N) is 3. The van der Waals surface area contributed by atoms with Gasteiger partial charge in [0.25, 0.3) is 5.91 Å². The van der Waals surface area contributed by atoms with Crippen molar-refractivity contribution in [3.8, 4) is 11.6 Å². The van der Waals surface area contributed by atoms with Gasteiger partial charge in [-0.2, -0.15) is 0 Å². The third-order valence-corrected chi connectivity index (χ3v) is 3.86. The highest BCUT2D eigenvalue weighted by molar-refractivity contribution is 6.06. The normalized spacial score (nSPS) is 11.0. The molecule has 3 heterocycles. The summed E-state index contributed by atoms with van der Waals surface area (Å²) in [7, 11) is 1.95. The second-order valence-corrected chi connectivity index (χ2v) is 5.43. The average Bonchev–Trinajstić information content (AvgIpc) is 3.33. The third kappa shape index (κ3) is 2.45. The van der Waals surface area contributed by atoms with Crippen molar-refractivity contribution in [2.75, 3.05) is 0 Å². The number of carbonyl (C=O) groups is 1. The lowest BCUT2D eigenvalue weighted by Gasteiger charge is -2.05. The predicted molar refractivity (Wildman–Crippen MR) is 88.2 cm³/mol. The quantitative estimate of drug-likeness (QED) is 0.604. The molecule has 0 saturated carbocycles.